The minimum atomic E-state index is 0.219. The molecule has 1 unspecified atom stereocenters. The third kappa shape index (κ3) is 3.12. The van der Waals surface area contributed by atoms with Crippen LogP contribution >= 0.6 is 11.6 Å². The molecule has 0 spiro atoms. The van der Waals surface area contributed by atoms with Gasteiger partial charge in [0.1, 0.15) is 0 Å². The van der Waals surface area contributed by atoms with Gasteiger partial charge in [0.15, 0.2) is 0 Å². The Morgan fingerprint density at radius 3 is 2.74 bits per heavy atom. The number of aryl methyl sites for hydroxylation is 2. The van der Waals surface area contributed by atoms with Crippen LogP contribution in [0, 0.1) is 0 Å². The fraction of sp³-hybridized carbons (Fsp3) is 0.786. The molecule has 1 aromatic rings. The van der Waals surface area contributed by atoms with E-state index in [1.54, 1.807) is 0 Å². The minimum Gasteiger partial charge on any atom is -0.309 e. The fourth-order valence-corrected chi connectivity index (χ4v) is 3.07. The lowest BCUT2D eigenvalue weighted by molar-refractivity contribution is 0.131. The molecule has 0 aliphatic carbocycles. The highest BCUT2D eigenvalue weighted by Crippen LogP contribution is 2.24. The molecule has 0 radical (unpaired) electrons. The summed E-state index contributed by atoms with van der Waals surface area (Å²) < 4.78 is 1.94. The van der Waals surface area contributed by atoms with E-state index in [4.69, 9.17) is 11.6 Å². The van der Waals surface area contributed by atoms with Gasteiger partial charge in [-0.3, -0.25) is 9.58 Å². The van der Waals surface area contributed by atoms with Crippen molar-refractivity contribution in [2.24, 2.45) is 7.05 Å². The molecule has 1 saturated heterocycles. The zero-order chi connectivity index (χ0) is 14.0. The summed E-state index contributed by atoms with van der Waals surface area (Å²) in [4.78, 5) is 2.47. The highest BCUT2D eigenvalue weighted by molar-refractivity contribution is 6.31. The van der Waals surface area contributed by atoms with Crippen LogP contribution in [0.2, 0.25) is 5.02 Å². The molecule has 1 fully saturated rings. The lowest BCUT2D eigenvalue weighted by atomic mass is 9.96. The van der Waals surface area contributed by atoms with Gasteiger partial charge in [0.25, 0.3) is 0 Å². The van der Waals surface area contributed by atoms with Crippen molar-refractivity contribution in [2.75, 3.05) is 19.6 Å². The Bertz CT molecular complexity index is 443. The zero-order valence-corrected chi connectivity index (χ0v) is 13.2. The van der Waals surface area contributed by atoms with Crippen LogP contribution in [0.25, 0.3) is 0 Å². The lowest BCUT2D eigenvalue weighted by Gasteiger charge is -2.41. The first-order chi connectivity index (χ1) is 8.99. The van der Waals surface area contributed by atoms with Gasteiger partial charge in [-0.1, -0.05) is 25.4 Å². The van der Waals surface area contributed by atoms with E-state index in [-0.39, 0.29) is 5.54 Å². The summed E-state index contributed by atoms with van der Waals surface area (Å²) in [6.07, 6.45) is 2.03. The van der Waals surface area contributed by atoms with Crippen LogP contribution in [0.5, 0.6) is 0 Å². The average Bonchev–Trinajstić information content (AvgIpc) is 2.66. The molecule has 0 amide bonds. The molecule has 0 saturated carbocycles. The highest BCUT2D eigenvalue weighted by Gasteiger charge is 2.29. The van der Waals surface area contributed by atoms with Crippen LogP contribution in [0.4, 0.5) is 0 Å². The van der Waals surface area contributed by atoms with Crippen LogP contribution in [0.3, 0.4) is 0 Å². The van der Waals surface area contributed by atoms with Crippen molar-refractivity contribution >= 4 is 11.6 Å². The largest absolute Gasteiger partial charge is 0.309 e. The van der Waals surface area contributed by atoms with Gasteiger partial charge in [-0.05, 0) is 19.8 Å². The van der Waals surface area contributed by atoms with Crippen molar-refractivity contribution in [3.63, 3.8) is 0 Å². The van der Waals surface area contributed by atoms with Gasteiger partial charge in [-0.2, -0.15) is 5.10 Å². The van der Waals surface area contributed by atoms with Gasteiger partial charge in [0.2, 0.25) is 0 Å². The van der Waals surface area contributed by atoms with Crippen molar-refractivity contribution in [3.05, 3.63) is 16.4 Å². The van der Waals surface area contributed by atoms with Crippen molar-refractivity contribution in [1.82, 2.24) is 20.0 Å². The van der Waals surface area contributed by atoms with Gasteiger partial charge in [0.05, 0.1) is 16.4 Å². The summed E-state index contributed by atoms with van der Waals surface area (Å²) in [7, 11) is 1.99. The van der Waals surface area contributed by atoms with Crippen LogP contribution in [-0.2, 0) is 20.0 Å². The molecule has 1 aromatic heterocycles. The zero-order valence-electron chi connectivity index (χ0n) is 12.5. The van der Waals surface area contributed by atoms with Crippen molar-refractivity contribution < 1.29 is 0 Å². The minimum absolute atomic E-state index is 0.219. The summed E-state index contributed by atoms with van der Waals surface area (Å²) in [5, 5.41) is 8.95. The molecular formula is C14H25ClN4. The fourth-order valence-electron chi connectivity index (χ4n) is 2.72. The van der Waals surface area contributed by atoms with Gasteiger partial charge in [-0.15, -0.1) is 0 Å². The molecular weight excluding hydrogens is 260 g/mol. The molecule has 4 nitrogen and oxygen atoms in total. The molecule has 0 bridgehead atoms. The second-order valence-electron chi connectivity index (χ2n) is 5.74. The Morgan fingerprint density at radius 2 is 2.16 bits per heavy atom. The number of nitrogens with one attached hydrogen (secondary N) is 1. The molecule has 108 valence electrons. The molecule has 2 rings (SSSR count). The standard InChI is InChI=1S/C14H25ClN4/c1-5-11-13(15)12(18(4)17-11)9-19-8-7-16-14(3,6-2)10-19/h16H,5-10H2,1-4H3. The van der Waals surface area contributed by atoms with Crippen LogP contribution in [-0.4, -0.2) is 39.9 Å². The van der Waals surface area contributed by atoms with Crippen LogP contribution in [0.15, 0.2) is 0 Å². The Morgan fingerprint density at radius 1 is 1.42 bits per heavy atom. The number of halogens is 1. The maximum Gasteiger partial charge on any atom is 0.0863 e. The first-order valence-electron chi connectivity index (χ1n) is 7.16. The summed E-state index contributed by atoms with van der Waals surface area (Å²) in [5.41, 5.74) is 2.36. The molecule has 5 heteroatoms. The molecule has 19 heavy (non-hydrogen) atoms. The van der Waals surface area contributed by atoms with E-state index in [0.717, 1.165) is 55.4 Å². The summed E-state index contributed by atoms with van der Waals surface area (Å²) >= 11 is 6.43. The number of hydrogen-bond donors (Lipinski definition) is 1. The Balaban J connectivity index is 2.11. The number of aromatic nitrogens is 2. The van der Waals surface area contributed by atoms with Crippen molar-refractivity contribution in [3.8, 4) is 0 Å². The third-order valence-electron chi connectivity index (χ3n) is 4.21. The lowest BCUT2D eigenvalue weighted by Crippen LogP contribution is -2.58. The number of hydrogen-bond acceptors (Lipinski definition) is 3. The van der Waals surface area contributed by atoms with E-state index in [9.17, 15) is 0 Å². The summed E-state index contributed by atoms with van der Waals surface area (Å²) in [6, 6.07) is 0. The molecule has 1 aliphatic rings. The molecule has 1 aliphatic heterocycles. The summed E-state index contributed by atoms with van der Waals surface area (Å²) in [5.74, 6) is 0. The maximum atomic E-state index is 6.43. The van der Waals surface area contributed by atoms with E-state index in [0.29, 0.717) is 0 Å². The predicted octanol–water partition coefficient (Wildman–Crippen LogP) is 2.21. The number of rotatable bonds is 4. The van der Waals surface area contributed by atoms with Gasteiger partial charge in [-0.25, -0.2) is 0 Å². The van der Waals surface area contributed by atoms with Gasteiger partial charge in [0, 0.05) is 38.8 Å². The van der Waals surface area contributed by atoms with Crippen molar-refractivity contribution in [1.29, 1.82) is 0 Å². The quantitative estimate of drug-likeness (QED) is 0.920. The van der Waals surface area contributed by atoms with E-state index in [1.807, 2.05) is 11.7 Å². The van der Waals surface area contributed by atoms with Crippen LogP contribution in [0.1, 0.15) is 38.6 Å². The summed E-state index contributed by atoms with van der Waals surface area (Å²) in [6.45, 7) is 10.7. The molecule has 2 heterocycles. The van der Waals surface area contributed by atoms with E-state index < -0.39 is 0 Å². The molecule has 1 atom stereocenters. The SMILES string of the molecule is CCc1nn(C)c(CN2CCNC(C)(CC)C2)c1Cl. The van der Waals surface area contributed by atoms with E-state index in [1.165, 1.54) is 0 Å². The molecule has 1 N–H and O–H groups in total. The number of piperazine rings is 1. The van der Waals surface area contributed by atoms with Gasteiger partial charge < -0.3 is 5.32 Å². The van der Waals surface area contributed by atoms with Crippen LogP contribution < -0.4 is 5.32 Å². The normalized spacial score (nSPS) is 24.9. The monoisotopic (exact) mass is 284 g/mol. The predicted molar refractivity (Wildman–Crippen MR) is 79.6 cm³/mol. The Kier molecular flexibility index (Phi) is 4.54. The Hall–Kier alpha value is -0.580. The Labute approximate surface area is 121 Å². The smallest absolute Gasteiger partial charge is 0.0863 e. The second kappa shape index (κ2) is 5.81. The third-order valence-corrected chi connectivity index (χ3v) is 4.65. The number of nitrogens with zero attached hydrogens (tertiary/aromatic N) is 3. The second-order valence-corrected chi connectivity index (χ2v) is 6.11. The van der Waals surface area contributed by atoms with E-state index >= 15 is 0 Å². The van der Waals surface area contributed by atoms with Crippen molar-refractivity contribution in [2.45, 2.75) is 45.7 Å². The van der Waals surface area contributed by atoms with Gasteiger partial charge >= 0.3 is 0 Å². The maximum absolute atomic E-state index is 6.43. The first kappa shape index (κ1) is 14.8. The first-order valence-corrected chi connectivity index (χ1v) is 7.54. The molecule has 0 aromatic carbocycles. The average molecular weight is 285 g/mol. The van der Waals surface area contributed by atoms with E-state index in [2.05, 4.69) is 36.1 Å². The highest BCUT2D eigenvalue weighted by atomic mass is 35.5. The topological polar surface area (TPSA) is 33.1 Å².